The molecule has 2 atom stereocenters. The first kappa shape index (κ1) is 23.7. The van der Waals surface area contributed by atoms with Crippen LogP contribution in [0.2, 0.25) is 5.02 Å². The zero-order valence-electron chi connectivity index (χ0n) is 14.7. The zero-order valence-corrected chi connectivity index (χ0v) is 15.4. The number of carbonyl (C=O) groups is 3. The average Bonchev–Trinajstić information content (AvgIpc) is 2.62. The van der Waals surface area contributed by atoms with Gasteiger partial charge in [-0.25, -0.2) is 9.59 Å². The normalized spacial score (nSPS) is 17.9. The summed E-state index contributed by atoms with van der Waals surface area (Å²) in [5.74, 6) is -4.01. The van der Waals surface area contributed by atoms with Gasteiger partial charge in [0.2, 0.25) is 5.91 Å². The molecule has 156 valence electrons. The van der Waals surface area contributed by atoms with Crippen LogP contribution in [0.25, 0.3) is 0 Å². The highest BCUT2D eigenvalue weighted by atomic mass is 35.5. The zero-order chi connectivity index (χ0) is 21.5. The summed E-state index contributed by atoms with van der Waals surface area (Å²) in [5.41, 5.74) is 6.87. The van der Waals surface area contributed by atoms with Gasteiger partial charge < -0.3 is 20.8 Å². The molecule has 1 aliphatic rings. The maximum atomic E-state index is 12.4. The lowest BCUT2D eigenvalue weighted by atomic mass is 9.99. The molecule has 4 N–H and O–H groups in total. The molecule has 2 rings (SSSR count). The second kappa shape index (κ2) is 10.3. The Labute approximate surface area is 163 Å². The van der Waals surface area contributed by atoms with Crippen molar-refractivity contribution in [3.8, 4) is 0 Å². The van der Waals surface area contributed by atoms with Crippen molar-refractivity contribution in [3.05, 3.63) is 34.9 Å². The number of carboxylic acid groups (broad SMARTS) is 2. The molecule has 0 bridgehead atoms. The standard InChI is InChI=1S/C15H19ClN2O3.C2HF3O2/c16-11-6-4-10(5-7-11)9-12(17)14(19)18-8-2-1-3-13(18)15(20)21;3-2(4,5)1(6)7/h4-7,12-13H,1-3,8-9,17H2,(H,20,21);(H,6,7)/t12?,13-;/m0./s1. The van der Waals surface area contributed by atoms with Crippen molar-refractivity contribution in [1.82, 2.24) is 4.90 Å². The Hall–Kier alpha value is -2.33. The largest absolute Gasteiger partial charge is 0.490 e. The number of halogens is 4. The average molecular weight is 425 g/mol. The maximum absolute atomic E-state index is 12.4. The molecule has 11 heteroatoms. The molecule has 1 amide bonds. The predicted molar refractivity (Wildman–Crippen MR) is 93.8 cm³/mol. The van der Waals surface area contributed by atoms with Crippen LogP contribution in [-0.2, 0) is 20.8 Å². The number of amides is 1. The molecule has 7 nitrogen and oxygen atoms in total. The van der Waals surface area contributed by atoms with E-state index in [1.165, 1.54) is 4.90 Å². The third-order valence-electron chi connectivity index (χ3n) is 4.00. The minimum Gasteiger partial charge on any atom is -0.480 e. The number of piperidine rings is 1. The molecule has 0 saturated carbocycles. The lowest BCUT2D eigenvalue weighted by molar-refractivity contribution is -0.192. The highest BCUT2D eigenvalue weighted by molar-refractivity contribution is 6.30. The van der Waals surface area contributed by atoms with E-state index < -0.39 is 30.2 Å². The topological polar surface area (TPSA) is 121 Å². The first-order valence-electron chi connectivity index (χ1n) is 8.27. The van der Waals surface area contributed by atoms with E-state index in [0.29, 0.717) is 24.4 Å². The Bertz CT molecular complexity index is 697. The summed E-state index contributed by atoms with van der Waals surface area (Å²) in [5, 5.41) is 17.0. The Morgan fingerprint density at radius 1 is 1.18 bits per heavy atom. The lowest BCUT2D eigenvalue weighted by Crippen LogP contribution is -2.54. The molecule has 0 aromatic heterocycles. The van der Waals surface area contributed by atoms with E-state index in [0.717, 1.165) is 18.4 Å². The number of carboxylic acids is 2. The smallest absolute Gasteiger partial charge is 0.480 e. The Kier molecular flexibility index (Phi) is 8.70. The van der Waals surface area contributed by atoms with Crippen molar-refractivity contribution < 1.29 is 37.8 Å². The van der Waals surface area contributed by atoms with Crippen molar-refractivity contribution >= 4 is 29.4 Å². The van der Waals surface area contributed by atoms with E-state index >= 15 is 0 Å². The Balaban J connectivity index is 0.000000480. The summed E-state index contributed by atoms with van der Waals surface area (Å²) in [4.78, 5) is 33.9. The van der Waals surface area contributed by atoms with Gasteiger partial charge in [0.1, 0.15) is 6.04 Å². The minimum atomic E-state index is -5.08. The van der Waals surface area contributed by atoms with Crippen molar-refractivity contribution in [1.29, 1.82) is 0 Å². The van der Waals surface area contributed by atoms with Crippen molar-refractivity contribution in [2.75, 3.05) is 6.54 Å². The molecule has 1 heterocycles. The second-order valence-electron chi connectivity index (χ2n) is 6.12. The van der Waals surface area contributed by atoms with E-state index in [1.54, 1.807) is 12.1 Å². The molecule has 1 aliphatic heterocycles. The van der Waals surface area contributed by atoms with Crippen LogP contribution in [0, 0.1) is 0 Å². The number of hydrogen-bond acceptors (Lipinski definition) is 4. The molecule has 1 aromatic rings. The van der Waals surface area contributed by atoms with Crippen LogP contribution in [0.1, 0.15) is 24.8 Å². The van der Waals surface area contributed by atoms with E-state index in [4.69, 9.17) is 27.2 Å². The molecule has 1 unspecified atom stereocenters. The number of rotatable bonds is 4. The van der Waals surface area contributed by atoms with Crippen molar-refractivity contribution in [3.63, 3.8) is 0 Å². The monoisotopic (exact) mass is 424 g/mol. The van der Waals surface area contributed by atoms with Gasteiger partial charge in [0.05, 0.1) is 6.04 Å². The molecular formula is C17H20ClF3N2O5. The van der Waals surface area contributed by atoms with E-state index in [9.17, 15) is 27.9 Å². The second-order valence-corrected chi connectivity index (χ2v) is 6.56. The molecule has 28 heavy (non-hydrogen) atoms. The van der Waals surface area contributed by atoms with Gasteiger partial charge in [-0.2, -0.15) is 13.2 Å². The molecule has 0 aliphatic carbocycles. The molecule has 1 fully saturated rings. The number of aliphatic carboxylic acids is 2. The number of alkyl halides is 3. The quantitative estimate of drug-likeness (QED) is 0.682. The van der Waals surface area contributed by atoms with Gasteiger partial charge in [0.25, 0.3) is 0 Å². The summed E-state index contributed by atoms with van der Waals surface area (Å²) in [6.45, 7) is 0.462. The Morgan fingerprint density at radius 3 is 2.18 bits per heavy atom. The molecule has 1 aromatic carbocycles. The number of hydrogen-bond donors (Lipinski definition) is 3. The number of benzene rings is 1. The van der Waals surface area contributed by atoms with Crippen LogP contribution in [-0.4, -0.2) is 57.8 Å². The van der Waals surface area contributed by atoms with Gasteiger partial charge in [0, 0.05) is 11.6 Å². The van der Waals surface area contributed by atoms with Crippen molar-refractivity contribution in [2.24, 2.45) is 5.73 Å². The first-order chi connectivity index (χ1) is 12.9. The van der Waals surface area contributed by atoms with Gasteiger partial charge in [-0.05, 0) is 43.4 Å². The fourth-order valence-electron chi connectivity index (χ4n) is 2.63. The van der Waals surface area contributed by atoms with Gasteiger partial charge >= 0.3 is 18.1 Å². The predicted octanol–water partition coefficient (Wildman–Crippen LogP) is 2.31. The van der Waals surface area contributed by atoms with Gasteiger partial charge in [-0.1, -0.05) is 23.7 Å². The van der Waals surface area contributed by atoms with Crippen LogP contribution in [0.15, 0.2) is 24.3 Å². The van der Waals surface area contributed by atoms with Crippen LogP contribution in [0.5, 0.6) is 0 Å². The minimum absolute atomic E-state index is 0.294. The summed E-state index contributed by atoms with van der Waals surface area (Å²) in [6, 6.07) is 5.65. The van der Waals surface area contributed by atoms with Crippen LogP contribution >= 0.6 is 11.6 Å². The molecule has 1 saturated heterocycles. The fraction of sp³-hybridized carbons (Fsp3) is 0.471. The maximum Gasteiger partial charge on any atom is 0.490 e. The lowest BCUT2D eigenvalue weighted by Gasteiger charge is -2.34. The number of likely N-dealkylation sites (tertiary alicyclic amines) is 1. The summed E-state index contributed by atoms with van der Waals surface area (Å²) in [6.07, 6.45) is -2.57. The summed E-state index contributed by atoms with van der Waals surface area (Å²) in [7, 11) is 0. The number of nitrogens with zero attached hydrogens (tertiary/aromatic N) is 1. The third kappa shape index (κ3) is 7.35. The highest BCUT2D eigenvalue weighted by Crippen LogP contribution is 2.19. The first-order valence-corrected chi connectivity index (χ1v) is 8.64. The summed E-state index contributed by atoms with van der Waals surface area (Å²) >= 11 is 5.81. The molecule has 0 spiro atoms. The number of carbonyl (C=O) groups excluding carboxylic acids is 1. The van der Waals surface area contributed by atoms with Crippen LogP contribution in [0.3, 0.4) is 0 Å². The highest BCUT2D eigenvalue weighted by Gasteiger charge is 2.38. The van der Waals surface area contributed by atoms with Crippen LogP contribution in [0.4, 0.5) is 13.2 Å². The van der Waals surface area contributed by atoms with Gasteiger partial charge in [-0.3, -0.25) is 4.79 Å². The van der Waals surface area contributed by atoms with Gasteiger partial charge in [0.15, 0.2) is 0 Å². The van der Waals surface area contributed by atoms with E-state index in [1.807, 2.05) is 12.1 Å². The SMILES string of the molecule is NC(Cc1ccc(Cl)cc1)C(=O)N1CCCC[C@H]1C(=O)O.O=C(O)C(F)(F)F. The Morgan fingerprint density at radius 2 is 1.71 bits per heavy atom. The van der Waals surface area contributed by atoms with E-state index in [2.05, 4.69) is 0 Å². The molecule has 0 radical (unpaired) electrons. The van der Waals surface area contributed by atoms with Crippen molar-refractivity contribution in [2.45, 2.75) is 43.9 Å². The third-order valence-corrected chi connectivity index (χ3v) is 4.25. The van der Waals surface area contributed by atoms with E-state index in [-0.39, 0.29) is 5.91 Å². The van der Waals surface area contributed by atoms with Crippen LogP contribution < -0.4 is 5.73 Å². The summed E-state index contributed by atoms with van der Waals surface area (Å²) < 4.78 is 31.7. The fourth-order valence-corrected chi connectivity index (χ4v) is 2.75. The van der Waals surface area contributed by atoms with Gasteiger partial charge in [-0.15, -0.1) is 0 Å². The molecular weight excluding hydrogens is 405 g/mol. The number of nitrogens with two attached hydrogens (primary N) is 1.